The van der Waals surface area contributed by atoms with E-state index in [0.29, 0.717) is 11.1 Å². The number of nitrogens with one attached hydrogen (secondary N) is 2. The number of aromatic nitrogens is 1. The van der Waals surface area contributed by atoms with Crippen LogP contribution in [0.5, 0.6) is 0 Å². The van der Waals surface area contributed by atoms with Crippen LogP contribution in [0, 0.1) is 0 Å². The van der Waals surface area contributed by atoms with Crippen molar-refractivity contribution in [2.75, 3.05) is 7.05 Å². The van der Waals surface area contributed by atoms with Gasteiger partial charge in [-0.3, -0.25) is 0 Å². The largest absolute Gasteiger partial charge is 0.477 e. The van der Waals surface area contributed by atoms with Crippen molar-refractivity contribution in [1.29, 1.82) is 0 Å². The van der Waals surface area contributed by atoms with E-state index in [1.54, 1.807) is 12.1 Å². The van der Waals surface area contributed by atoms with Gasteiger partial charge in [0.2, 0.25) is 10.0 Å². The van der Waals surface area contributed by atoms with Gasteiger partial charge >= 0.3 is 5.97 Å². The fourth-order valence-electron chi connectivity index (χ4n) is 3.10. The Hall–Kier alpha value is -2.64. The first kappa shape index (κ1) is 18.2. The molecule has 3 rings (SSSR count). The first-order valence-electron chi connectivity index (χ1n) is 8.18. The van der Waals surface area contributed by atoms with Gasteiger partial charge in [-0.1, -0.05) is 44.2 Å². The van der Waals surface area contributed by atoms with Crippen LogP contribution in [0.25, 0.3) is 22.0 Å². The van der Waals surface area contributed by atoms with E-state index in [0.717, 1.165) is 16.5 Å². The van der Waals surface area contributed by atoms with Crippen LogP contribution in [0.1, 0.15) is 35.8 Å². The Bertz CT molecular complexity index is 1080. The lowest BCUT2D eigenvalue weighted by Gasteiger charge is -2.08. The molecular weight excluding hydrogens is 352 g/mol. The lowest BCUT2D eigenvalue weighted by molar-refractivity contribution is 0.0692. The van der Waals surface area contributed by atoms with Gasteiger partial charge in [-0.05, 0) is 36.2 Å². The predicted molar refractivity (Wildman–Crippen MR) is 101 cm³/mol. The zero-order valence-corrected chi connectivity index (χ0v) is 15.5. The molecular formula is C19H20N2O4S. The molecule has 0 atom stereocenters. The number of hydrogen-bond acceptors (Lipinski definition) is 3. The van der Waals surface area contributed by atoms with Crippen LogP contribution in [0.4, 0.5) is 0 Å². The zero-order valence-electron chi connectivity index (χ0n) is 14.7. The summed E-state index contributed by atoms with van der Waals surface area (Å²) in [5.74, 6) is -0.826. The van der Waals surface area contributed by atoms with Gasteiger partial charge in [-0.15, -0.1) is 0 Å². The molecule has 2 aromatic carbocycles. The molecule has 3 N–H and O–H groups in total. The standard InChI is InChI=1S/C19H20N2O4S/c1-11(2)14-5-4-6-15-16(18(19(22)23)21-17(14)15)12-7-9-13(10-8-12)26(24,25)20-3/h4-11,20-21H,1-3H3,(H,22,23). The summed E-state index contributed by atoms with van der Waals surface area (Å²) in [6, 6.07) is 11.9. The molecule has 1 aromatic heterocycles. The summed E-state index contributed by atoms with van der Waals surface area (Å²) in [5, 5.41) is 10.4. The lowest BCUT2D eigenvalue weighted by atomic mass is 9.97. The van der Waals surface area contributed by atoms with Gasteiger partial charge in [-0.25, -0.2) is 17.9 Å². The van der Waals surface area contributed by atoms with E-state index in [-0.39, 0.29) is 16.5 Å². The van der Waals surface area contributed by atoms with Crippen LogP contribution in [0.2, 0.25) is 0 Å². The molecule has 26 heavy (non-hydrogen) atoms. The summed E-state index contributed by atoms with van der Waals surface area (Å²) < 4.78 is 26.1. The van der Waals surface area contributed by atoms with Crippen molar-refractivity contribution in [1.82, 2.24) is 9.71 Å². The second-order valence-electron chi connectivity index (χ2n) is 6.34. The third kappa shape index (κ3) is 3.00. The van der Waals surface area contributed by atoms with Crippen LogP contribution in [-0.4, -0.2) is 31.5 Å². The Morgan fingerprint density at radius 1 is 1.12 bits per heavy atom. The normalized spacial score (nSPS) is 12.0. The van der Waals surface area contributed by atoms with E-state index in [9.17, 15) is 18.3 Å². The minimum absolute atomic E-state index is 0.0947. The average molecular weight is 372 g/mol. The summed E-state index contributed by atoms with van der Waals surface area (Å²) in [7, 11) is -2.20. The highest BCUT2D eigenvalue weighted by Gasteiger charge is 2.21. The van der Waals surface area contributed by atoms with Crippen LogP contribution >= 0.6 is 0 Å². The van der Waals surface area contributed by atoms with Gasteiger partial charge in [-0.2, -0.15) is 0 Å². The molecule has 0 aliphatic carbocycles. The molecule has 0 radical (unpaired) electrons. The SMILES string of the molecule is CNS(=O)(=O)c1ccc(-c2c(C(=O)O)[nH]c3c(C(C)C)cccc23)cc1. The first-order chi connectivity index (χ1) is 12.3. The topological polar surface area (TPSA) is 99.3 Å². The Morgan fingerprint density at radius 2 is 1.77 bits per heavy atom. The molecule has 3 aromatic rings. The molecule has 6 nitrogen and oxygen atoms in total. The number of fused-ring (bicyclic) bond motifs is 1. The molecule has 0 saturated heterocycles. The number of rotatable bonds is 5. The smallest absolute Gasteiger partial charge is 0.352 e. The number of carboxylic acid groups (broad SMARTS) is 1. The van der Waals surface area contributed by atoms with E-state index in [1.807, 2.05) is 32.0 Å². The summed E-state index contributed by atoms with van der Waals surface area (Å²) in [6.07, 6.45) is 0. The number of carbonyl (C=O) groups is 1. The number of carboxylic acids is 1. The van der Waals surface area contributed by atoms with Crippen LogP contribution in [-0.2, 0) is 10.0 Å². The maximum atomic E-state index is 11.9. The second kappa shape index (κ2) is 6.59. The van der Waals surface area contributed by atoms with Crippen molar-refractivity contribution in [3.8, 4) is 11.1 Å². The van der Waals surface area contributed by atoms with Gasteiger partial charge in [0, 0.05) is 10.9 Å². The van der Waals surface area contributed by atoms with Gasteiger partial charge < -0.3 is 10.1 Å². The lowest BCUT2D eigenvalue weighted by Crippen LogP contribution is -2.18. The summed E-state index contributed by atoms with van der Waals surface area (Å²) in [5.41, 5.74) is 3.12. The number of aromatic carboxylic acids is 1. The molecule has 7 heteroatoms. The highest BCUT2D eigenvalue weighted by molar-refractivity contribution is 7.89. The Labute approximate surface area is 151 Å². The third-order valence-electron chi connectivity index (χ3n) is 4.42. The summed E-state index contributed by atoms with van der Waals surface area (Å²) in [4.78, 5) is 14.9. The van der Waals surface area contributed by atoms with Crippen molar-refractivity contribution >= 4 is 26.9 Å². The second-order valence-corrected chi connectivity index (χ2v) is 8.22. The first-order valence-corrected chi connectivity index (χ1v) is 9.66. The van der Waals surface area contributed by atoms with Crippen LogP contribution in [0.3, 0.4) is 0 Å². The van der Waals surface area contributed by atoms with Crippen molar-refractivity contribution in [3.05, 3.63) is 53.7 Å². The Balaban J connectivity index is 2.26. The number of H-pyrrole nitrogens is 1. The molecule has 0 bridgehead atoms. The number of benzene rings is 2. The van der Waals surface area contributed by atoms with E-state index in [2.05, 4.69) is 9.71 Å². The molecule has 0 aliphatic rings. The average Bonchev–Trinajstić information content (AvgIpc) is 3.01. The number of hydrogen-bond donors (Lipinski definition) is 3. The summed E-state index contributed by atoms with van der Waals surface area (Å²) in [6.45, 7) is 4.10. The Kier molecular flexibility index (Phi) is 4.60. The molecule has 136 valence electrons. The number of sulfonamides is 1. The van der Waals surface area contributed by atoms with Crippen molar-refractivity contribution in [3.63, 3.8) is 0 Å². The maximum Gasteiger partial charge on any atom is 0.352 e. The van der Waals surface area contributed by atoms with E-state index < -0.39 is 16.0 Å². The van der Waals surface area contributed by atoms with Gasteiger partial charge in [0.25, 0.3) is 0 Å². The fourth-order valence-corrected chi connectivity index (χ4v) is 3.83. The zero-order chi connectivity index (χ0) is 19.1. The molecule has 0 saturated carbocycles. The number of aromatic amines is 1. The summed E-state index contributed by atoms with van der Waals surface area (Å²) >= 11 is 0. The molecule has 0 fully saturated rings. The molecule has 0 amide bonds. The predicted octanol–water partition coefficient (Wildman–Crippen LogP) is 3.56. The molecule has 1 heterocycles. The number of para-hydroxylation sites is 1. The van der Waals surface area contributed by atoms with Crippen molar-refractivity contribution < 1.29 is 18.3 Å². The van der Waals surface area contributed by atoms with Gasteiger partial charge in [0.1, 0.15) is 5.69 Å². The fraction of sp³-hybridized carbons (Fsp3) is 0.211. The minimum Gasteiger partial charge on any atom is -0.477 e. The van der Waals surface area contributed by atoms with Crippen molar-refractivity contribution in [2.45, 2.75) is 24.7 Å². The van der Waals surface area contributed by atoms with E-state index >= 15 is 0 Å². The van der Waals surface area contributed by atoms with Crippen molar-refractivity contribution in [2.24, 2.45) is 0 Å². The van der Waals surface area contributed by atoms with Gasteiger partial charge in [0.05, 0.1) is 10.4 Å². The van der Waals surface area contributed by atoms with Crippen LogP contribution < -0.4 is 4.72 Å². The highest BCUT2D eigenvalue weighted by atomic mass is 32.2. The van der Waals surface area contributed by atoms with E-state index in [1.165, 1.54) is 19.2 Å². The van der Waals surface area contributed by atoms with Crippen LogP contribution in [0.15, 0.2) is 47.4 Å². The van der Waals surface area contributed by atoms with Gasteiger partial charge in [0.15, 0.2) is 0 Å². The Morgan fingerprint density at radius 3 is 2.31 bits per heavy atom. The maximum absolute atomic E-state index is 11.9. The quantitative estimate of drug-likeness (QED) is 0.637. The highest BCUT2D eigenvalue weighted by Crippen LogP contribution is 2.36. The molecule has 0 aliphatic heterocycles. The minimum atomic E-state index is -3.54. The monoisotopic (exact) mass is 372 g/mol. The van der Waals surface area contributed by atoms with E-state index in [4.69, 9.17) is 0 Å². The molecule has 0 spiro atoms. The molecule has 0 unspecified atom stereocenters. The third-order valence-corrected chi connectivity index (χ3v) is 5.85.